The number of ether oxygens (including phenoxy) is 1. The van der Waals surface area contributed by atoms with Crippen molar-refractivity contribution in [2.75, 3.05) is 18.0 Å². The second kappa shape index (κ2) is 9.80. The Bertz CT molecular complexity index is 1340. The standard InChI is InChI=1S/C27H22FN3O4/c28-20-12-10-19(11-13-20)24-16-21(30-35-24)27(33)31-17-25(34-23-9-5-4-8-22(23)31)26(32)29-15-14-18-6-2-1-3-7-18/h1-13,16,25H,14-15,17H2,(H,29,32)/t25-/m0/s1. The lowest BCUT2D eigenvalue weighted by Crippen LogP contribution is -2.51. The van der Waals surface area contributed by atoms with Gasteiger partial charge in [-0.15, -0.1) is 0 Å². The minimum Gasteiger partial charge on any atom is -0.477 e. The fourth-order valence-corrected chi connectivity index (χ4v) is 3.92. The molecule has 0 aliphatic carbocycles. The number of fused-ring (bicyclic) bond motifs is 1. The predicted octanol–water partition coefficient (Wildman–Crippen LogP) is 4.25. The number of rotatable bonds is 6. The number of hydrogen-bond donors (Lipinski definition) is 1. The van der Waals surface area contributed by atoms with Crippen molar-refractivity contribution in [3.63, 3.8) is 0 Å². The van der Waals surface area contributed by atoms with Crippen LogP contribution >= 0.6 is 0 Å². The number of halogens is 1. The van der Waals surface area contributed by atoms with Gasteiger partial charge < -0.3 is 14.6 Å². The molecule has 0 fully saturated rings. The Kier molecular flexibility index (Phi) is 6.26. The lowest BCUT2D eigenvalue weighted by atomic mass is 10.1. The molecule has 1 aliphatic rings. The number of anilines is 1. The summed E-state index contributed by atoms with van der Waals surface area (Å²) in [6, 6.07) is 24.1. The highest BCUT2D eigenvalue weighted by atomic mass is 19.1. The average Bonchev–Trinajstić information content (AvgIpc) is 3.39. The van der Waals surface area contributed by atoms with E-state index in [0.717, 1.165) is 5.56 Å². The molecule has 7 nitrogen and oxygen atoms in total. The van der Waals surface area contributed by atoms with Crippen molar-refractivity contribution in [2.45, 2.75) is 12.5 Å². The van der Waals surface area contributed by atoms with Crippen molar-refractivity contribution < 1.29 is 23.2 Å². The average molecular weight is 471 g/mol. The number of aromatic nitrogens is 1. The number of hydrogen-bond acceptors (Lipinski definition) is 5. The van der Waals surface area contributed by atoms with Crippen LogP contribution in [0.4, 0.5) is 10.1 Å². The second-order valence-electron chi connectivity index (χ2n) is 8.10. The van der Waals surface area contributed by atoms with E-state index >= 15 is 0 Å². The molecule has 4 aromatic rings. The predicted molar refractivity (Wildman–Crippen MR) is 128 cm³/mol. The van der Waals surface area contributed by atoms with Crippen LogP contribution in [0.15, 0.2) is 89.5 Å². The third-order valence-electron chi connectivity index (χ3n) is 5.73. The molecule has 0 spiro atoms. The van der Waals surface area contributed by atoms with Crippen LogP contribution in [0.2, 0.25) is 0 Å². The van der Waals surface area contributed by atoms with E-state index in [9.17, 15) is 14.0 Å². The van der Waals surface area contributed by atoms with Crippen molar-refractivity contribution in [2.24, 2.45) is 0 Å². The molecule has 1 atom stereocenters. The number of amides is 2. The van der Waals surface area contributed by atoms with Crippen molar-refractivity contribution in [3.05, 3.63) is 102 Å². The summed E-state index contributed by atoms with van der Waals surface area (Å²) < 4.78 is 24.5. The van der Waals surface area contributed by atoms with E-state index in [1.165, 1.54) is 23.1 Å². The summed E-state index contributed by atoms with van der Waals surface area (Å²) in [6.45, 7) is 0.467. The third kappa shape index (κ3) is 4.91. The Labute approximate surface area is 201 Å². The third-order valence-corrected chi connectivity index (χ3v) is 5.73. The quantitative estimate of drug-likeness (QED) is 0.455. The van der Waals surface area contributed by atoms with Crippen LogP contribution in [0.1, 0.15) is 16.1 Å². The number of carbonyl (C=O) groups is 2. The monoisotopic (exact) mass is 471 g/mol. The van der Waals surface area contributed by atoms with E-state index in [0.29, 0.717) is 35.7 Å². The molecular formula is C27H22FN3O4. The van der Waals surface area contributed by atoms with Crippen LogP contribution in [-0.2, 0) is 11.2 Å². The molecule has 0 unspecified atom stereocenters. The van der Waals surface area contributed by atoms with Gasteiger partial charge in [0.1, 0.15) is 11.6 Å². The zero-order valence-electron chi connectivity index (χ0n) is 18.7. The zero-order valence-corrected chi connectivity index (χ0v) is 18.7. The highest BCUT2D eigenvalue weighted by Crippen LogP contribution is 2.34. The molecule has 1 N–H and O–H groups in total. The van der Waals surface area contributed by atoms with Crippen LogP contribution in [0.25, 0.3) is 11.3 Å². The van der Waals surface area contributed by atoms with E-state index in [1.54, 1.807) is 36.4 Å². The van der Waals surface area contributed by atoms with Crippen molar-refractivity contribution in [1.29, 1.82) is 0 Å². The largest absolute Gasteiger partial charge is 0.477 e. The Morgan fingerprint density at radius 1 is 1.00 bits per heavy atom. The van der Waals surface area contributed by atoms with Gasteiger partial charge in [0.2, 0.25) is 0 Å². The van der Waals surface area contributed by atoms with Gasteiger partial charge >= 0.3 is 0 Å². The van der Waals surface area contributed by atoms with Gasteiger partial charge in [0.25, 0.3) is 11.8 Å². The SMILES string of the molecule is O=C(NCCc1ccccc1)[C@@H]1CN(C(=O)c2cc(-c3ccc(F)cc3)on2)c2ccccc2O1. The minimum atomic E-state index is -0.881. The van der Waals surface area contributed by atoms with E-state index in [4.69, 9.17) is 9.26 Å². The summed E-state index contributed by atoms with van der Waals surface area (Å²) in [5.41, 5.74) is 2.32. The normalized spacial score (nSPS) is 14.7. The molecule has 2 amide bonds. The minimum absolute atomic E-state index is 0.0196. The van der Waals surface area contributed by atoms with Crippen LogP contribution < -0.4 is 15.0 Å². The first-order chi connectivity index (χ1) is 17.1. The Morgan fingerprint density at radius 3 is 2.54 bits per heavy atom. The van der Waals surface area contributed by atoms with E-state index < -0.39 is 12.0 Å². The van der Waals surface area contributed by atoms with Gasteiger partial charge in [-0.1, -0.05) is 47.6 Å². The Hall–Kier alpha value is -4.46. The number of nitrogens with one attached hydrogen (secondary N) is 1. The molecule has 0 saturated carbocycles. The number of para-hydroxylation sites is 2. The molecule has 0 radical (unpaired) electrons. The van der Waals surface area contributed by atoms with Crippen LogP contribution in [-0.4, -0.2) is 36.2 Å². The summed E-state index contributed by atoms with van der Waals surface area (Å²) >= 11 is 0. The summed E-state index contributed by atoms with van der Waals surface area (Å²) in [7, 11) is 0. The Morgan fingerprint density at radius 2 is 1.74 bits per heavy atom. The molecule has 1 aliphatic heterocycles. The molecule has 8 heteroatoms. The second-order valence-corrected chi connectivity index (χ2v) is 8.10. The fourth-order valence-electron chi connectivity index (χ4n) is 3.92. The van der Waals surface area contributed by atoms with Gasteiger partial charge in [0, 0.05) is 18.2 Å². The lowest BCUT2D eigenvalue weighted by Gasteiger charge is -2.33. The van der Waals surface area contributed by atoms with E-state index in [1.807, 2.05) is 30.3 Å². The maximum absolute atomic E-state index is 13.4. The maximum Gasteiger partial charge on any atom is 0.280 e. The van der Waals surface area contributed by atoms with Gasteiger partial charge in [-0.25, -0.2) is 4.39 Å². The zero-order chi connectivity index (χ0) is 24.2. The summed E-state index contributed by atoms with van der Waals surface area (Å²) in [6.07, 6.45) is -0.197. The van der Waals surface area contributed by atoms with Gasteiger partial charge in [0.05, 0.1) is 12.2 Å². The smallest absolute Gasteiger partial charge is 0.280 e. The van der Waals surface area contributed by atoms with Gasteiger partial charge in [-0.2, -0.15) is 0 Å². The molecule has 0 saturated heterocycles. The van der Waals surface area contributed by atoms with Crippen LogP contribution in [0.5, 0.6) is 5.75 Å². The maximum atomic E-state index is 13.4. The van der Waals surface area contributed by atoms with Crippen molar-refractivity contribution >= 4 is 17.5 Å². The molecular weight excluding hydrogens is 449 g/mol. The summed E-state index contributed by atoms with van der Waals surface area (Å²) in [4.78, 5) is 27.7. The highest BCUT2D eigenvalue weighted by molar-refractivity contribution is 6.07. The van der Waals surface area contributed by atoms with Gasteiger partial charge in [-0.05, 0) is 48.4 Å². The molecule has 176 valence electrons. The first-order valence-corrected chi connectivity index (χ1v) is 11.2. The molecule has 1 aromatic heterocycles. The topological polar surface area (TPSA) is 84.7 Å². The first kappa shape index (κ1) is 22.3. The van der Waals surface area contributed by atoms with Crippen LogP contribution in [0.3, 0.4) is 0 Å². The number of benzene rings is 3. The first-order valence-electron chi connectivity index (χ1n) is 11.2. The number of nitrogens with zero attached hydrogens (tertiary/aromatic N) is 2. The van der Waals surface area contributed by atoms with E-state index in [2.05, 4.69) is 10.5 Å². The molecule has 0 bridgehead atoms. The molecule has 2 heterocycles. The number of carbonyl (C=O) groups excluding carboxylic acids is 2. The molecule has 5 rings (SSSR count). The van der Waals surface area contributed by atoms with Crippen molar-refractivity contribution in [1.82, 2.24) is 10.5 Å². The van der Waals surface area contributed by atoms with E-state index in [-0.39, 0.29) is 24.0 Å². The Balaban J connectivity index is 1.32. The highest BCUT2D eigenvalue weighted by Gasteiger charge is 2.35. The van der Waals surface area contributed by atoms with Gasteiger partial charge in [-0.3, -0.25) is 14.5 Å². The van der Waals surface area contributed by atoms with Crippen molar-refractivity contribution in [3.8, 4) is 17.1 Å². The lowest BCUT2D eigenvalue weighted by molar-refractivity contribution is -0.127. The molecule has 35 heavy (non-hydrogen) atoms. The molecule has 3 aromatic carbocycles. The van der Waals surface area contributed by atoms with Gasteiger partial charge in [0.15, 0.2) is 17.6 Å². The fraction of sp³-hybridized carbons (Fsp3) is 0.148. The summed E-state index contributed by atoms with van der Waals surface area (Å²) in [5, 5.41) is 6.81. The van der Waals surface area contributed by atoms with Crippen LogP contribution in [0, 0.1) is 5.82 Å². The summed E-state index contributed by atoms with van der Waals surface area (Å²) in [5.74, 6) is -0.342.